The van der Waals surface area contributed by atoms with Gasteiger partial charge < -0.3 is 24.3 Å². The molecule has 3 aromatic heterocycles. The van der Waals surface area contributed by atoms with Gasteiger partial charge in [-0.05, 0) is 73.2 Å². The fourth-order valence-corrected chi connectivity index (χ4v) is 5.27. The summed E-state index contributed by atoms with van der Waals surface area (Å²) in [4.78, 5) is 36.1. The number of pyridine rings is 1. The van der Waals surface area contributed by atoms with Crippen LogP contribution >= 0.6 is 7.60 Å². The van der Waals surface area contributed by atoms with Crippen LogP contribution in [0.4, 0.5) is 5.82 Å². The molecule has 36 heavy (non-hydrogen) atoms. The summed E-state index contributed by atoms with van der Waals surface area (Å²) in [6, 6.07) is 14.0. The summed E-state index contributed by atoms with van der Waals surface area (Å²) < 4.78 is 24.8. The first-order valence-corrected chi connectivity index (χ1v) is 13.4. The highest BCUT2D eigenvalue weighted by atomic mass is 31.2. The fourth-order valence-electron chi connectivity index (χ4n) is 4.79. The van der Waals surface area contributed by atoms with E-state index in [4.69, 9.17) is 9.15 Å². The number of amides is 1. The lowest BCUT2D eigenvalue weighted by atomic mass is 9.64. The molecule has 1 aliphatic carbocycles. The summed E-state index contributed by atoms with van der Waals surface area (Å²) in [6.07, 6.45) is 3.52. The van der Waals surface area contributed by atoms with Crippen LogP contribution in [0.5, 0.6) is 5.75 Å². The molecule has 3 N–H and O–H groups in total. The minimum atomic E-state index is -4.53. The lowest BCUT2D eigenvalue weighted by molar-refractivity contribution is -0.126. The van der Waals surface area contributed by atoms with Crippen molar-refractivity contribution in [2.75, 3.05) is 11.9 Å². The van der Waals surface area contributed by atoms with Crippen molar-refractivity contribution in [1.29, 1.82) is 0 Å². The third-order valence-electron chi connectivity index (χ3n) is 6.43. The molecule has 9 nitrogen and oxygen atoms in total. The zero-order chi connectivity index (χ0) is 25.7. The molecule has 0 atom stereocenters. The molecule has 0 unspecified atom stereocenters. The first kappa shape index (κ1) is 24.3. The Morgan fingerprint density at radius 2 is 2.00 bits per heavy atom. The van der Waals surface area contributed by atoms with Crippen LogP contribution in [0, 0.1) is 11.3 Å². The summed E-state index contributed by atoms with van der Waals surface area (Å²) in [6.45, 7) is 6.59. The number of imidazole rings is 1. The largest absolute Gasteiger partial charge is 0.493 e. The number of nitrogens with one attached hydrogen (secondary N) is 1. The minimum Gasteiger partial charge on any atom is -0.493 e. The maximum Gasteiger partial charge on any atom is 0.391 e. The predicted octanol–water partition coefficient (Wildman–Crippen LogP) is 4.84. The number of benzene rings is 1. The molecule has 1 fully saturated rings. The quantitative estimate of drug-likeness (QED) is 0.304. The Balaban J connectivity index is 1.50. The predicted molar refractivity (Wildman–Crippen MR) is 136 cm³/mol. The summed E-state index contributed by atoms with van der Waals surface area (Å²) >= 11 is 0. The van der Waals surface area contributed by atoms with Crippen LogP contribution in [-0.2, 0) is 9.36 Å². The van der Waals surface area contributed by atoms with Crippen LogP contribution in [0.15, 0.2) is 59.1 Å². The van der Waals surface area contributed by atoms with Gasteiger partial charge in [0.1, 0.15) is 17.2 Å². The van der Waals surface area contributed by atoms with Crippen molar-refractivity contribution >= 4 is 30.5 Å². The number of fused-ring (bicyclic) bond motifs is 1. The summed E-state index contributed by atoms with van der Waals surface area (Å²) in [5, 5.41) is 2.95. The smallest absolute Gasteiger partial charge is 0.391 e. The Labute approximate surface area is 208 Å². The average Bonchev–Trinajstić information content (AvgIpc) is 3.44. The molecule has 1 aromatic carbocycles. The topological polar surface area (TPSA) is 126 Å². The second kappa shape index (κ2) is 8.92. The highest BCUT2D eigenvalue weighted by Gasteiger charge is 2.40. The van der Waals surface area contributed by atoms with E-state index in [9.17, 15) is 19.1 Å². The van der Waals surface area contributed by atoms with Gasteiger partial charge in [0.05, 0.1) is 24.1 Å². The number of carbonyl (C=O) groups is 1. The number of rotatable bonds is 7. The van der Waals surface area contributed by atoms with E-state index in [1.807, 2.05) is 41.7 Å². The number of carbonyl (C=O) groups excluding carboxylic acids is 1. The Morgan fingerprint density at radius 3 is 2.67 bits per heavy atom. The number of hydrogen-bond donors (Lipinski definition) is 3. The monoisotopic (exact) mass is 509 g/mol. The number of anilines is 1. The van der Waals surface area contributed by atoms with Gasteiger partial charge in [0.2, 0.25) is 11.4 Å². The number of ether oxygens (including phenoxy) is 1. The van der Waals surface area contributed by atoms with E-state index in [-0.39, 0.29) is 23.0 Å². The molecule has 10 heteroatoms. The third-order valence-corrected chi connectivity index (χ3v) is 7.25. The first-order chi connectivity index (χ1) is 17.0. The van der Waals surface area contributed by atoms with Crippen LogP contribution < -0.4 is 15.6 Å². The van der Waals surface area contributed by atoms with E-state index in [1.165, 1.54) is 12.1 Å². The molecule has 4 aromatic rings. The van der Waals surface area contributed by atoms with E-state index in [0.29, 0.717) is 29.4 Å². The fraction of sp³-hybridized carbons (Fsp3) is 0.308. The Kier molecular flexibility index (Phi) is 6.03. The van der Waals surface area contributed by atoms with Gasteiger partial charge in [0.15, 0.2) is 5.82 Å². The van der Waals surface area contributed by atoms with E-state index in [1.54, 1.807) is 12.3 Å². The average molecular weight is 509 g/mol. The van der Waals surface area contributed by atoms with E-state index in [0.717, 1.165) is 24.1 Å². The van der Waals surface area contributed by atoms with Crippen molar-refractivity contribution in [2.45, 2.75) is 33.6 Å². The Morgan fingerprint density at radius 1 is 1.22 bits per heavy atom. The minimum absolute atomic E-state index is 0.00397. The Bertz CT molecular complexity index is 1490. The molecule has 1 amide bonds. The maximum atomic E-state index is 12.6. The van der Waals surface area contributed by atoms with Gasteiger partial charge in [0.25, 0.3) is 0 Å². The molecule has 0 bridgehead atoms. The van der Waals surface area contributed by atoms with Gasteiger partial charge in [-0.25, -0.2) is 4.98 Å². The molecular formula is C26H28N3O6P. The van der Waals surface area contributed by atoms with Crippen LogP contribution in [0.25, 0.3) is 28.2 Å². The maximum absolute atomic E-state index is 12.6. The zero-order valence-corrected chi connectivity index (χ0v) is 21.2. The van der Waals surface area contributed by atoms with Gasteiger partial charge in [0, 0.05) is 5.92 Å². The van der Waals surface area contributed by atoms with Crippen molar-refractivity contribution in [2.24, 2.45) is 11.3 Å². The SMILES string of the molecule is CCOc1ccc(-c2cccc3nc(NC(=O)C4CC(C)(C)C4)cn23)cc1-c1ccc(P(=O)(O)O)o1. The lowest BCUT2D eigenvalue weighted by Crippen LogP contribution is -2.39. The van der Waals surface area contributed by atoms with Crippen molar-refractivity contribution in [3.63, 3.8) is 0 Å². The van der Waals surface area contributed by atoms with Gasteiger partial charge in [-0.3, -0.25) is 13.8 Å². The van der Waals surface area contributed by atoms with E-state index in [2.05, 4.69) is 24.1 Å². The molecular weight excluding hydrogens is 481 g/mol. The van der Waals surface area contributed by atoms with Crippen molar-refractivity contribution < 1.29 is 28.3 Å². The summed E-state index contributed by atoms with van der Waals surface area (Å²) in [5.41, 5.74) is 2.67. The highest BCUT2D eigenvalue weighted by Crippen LogP contribution is 2.45. The van der Waals surface area contributed by atoms with Gasteiger partial charge >= 0.3 is 7.60 Å². The standard InChI is InChI=1S/C26H28N3O6P/c1-4-34-20-9-8-16(12-18(20)21-10-11-24(35-21)36(31,32)33)19-6-5-7-23-27-22(15-29(19)23)28-25(30)17-13-26(2,3)14-17/h5-12,15,17H,4,13-14H2,1-3H3,(H,28,30)(H2,31,32,33). The first-order valence-electron chi connectivity index (χ1n) is 11.8. The molecule has 1 saturated carbocycles. The van der Waals surface area contributed by atoms with Crippen LogP contribution in [0.2, 0.25) is 0 Å². The Hall–Kier alpha value is -3.39. The van der Waals surface area contributed by atoms with Crippen LogP contribution in [0.3, 0.4) is 0 Å². The highest BCUT2D eigenvalue weighted by molar-refractivity contribution is 7.59. The molecule has 0 spiro atoms. The van der Waals surface area contributed by atoms with Crippen molar-refractivity contribution in [3.8, 4) is 28.3 Å². The van der Waals surface area contributed by atoms with Crippen LogP contribution in [0.1, 0.15) is 33.6 Å². The molecule has 0 saturated heterocycles. The summed E-state index contributed by atoms with van der Waals surface area (Å²) in [7, 11) is -4.53. The number of hydrogen-bond acceptors (Lipinski definition) is 5. The molecule has 5 rings (SSSR count). The second-order valence-electron chi connectivity index (χ2n) is 9.85. The van der Waals surface area contributed by atoms with E-state index < -0.39 is 13.1 Å². The van der Waals surface area contributed by atoms with Gasteiger partial charge in [-0.1, -0.05) is 19.9 Å². The molecule has 3 heterocycles. The third kappa shape index (κ3) is 4.69. The number of aromatic nitrogens is 2. The lowest BCUT2D eigenvalue weighted by Gasteiger charge is -2.41. The molecule has 1 aliphatic rings. The van der Waals surface area contributed by atoms with Gasteiger partial charge in [-0.15, -0.1) is 0 Å². The van der Waals surface area contributed by atoms with E-state index >= 15 is 0 Å². The summed E-state index contributed by atoms with van der Waals surface area (Å²) in [5.74, 6) is 1.29. The number of furan rings is 1. The van der Waals surface area contributed by atoms with Crippen LogP contribution in [-0.4, -0.2) is 31.7 Å². The normalized spacial score (nSPS) is 15.6. The van der Waals surface area contributed by atoms with Gasteiger partial charge in [-0.2, -0.15) is 0 Å². The molecule has 0 radical (unpaired) electrons. The number of nitrogens with zero attached hydrogens (tertiary/aromatic N) is 2. The zero-order valence-electron chi connectivity index (χ0n) is 20.3. The molecule has 188 valence electrons. The van der Waals surface area contributed by atoms with Crippen molar-refractivity contribution in [3.05, 3.63) is 54.7 Å². The molecule has 0 aliphatic heterocycles. The second-order valence-corrected chi connectivity index (χ2v) is 11.4. The van der Waals surface area contributed by atoms with Crippen molar-refractivity contribution in [1.82, 2.24) is 9.38 Å².